The minimum Gasteiger partial charge on any atom is -0.0834 e. The molecule has 0 aromatic heterocycles. The zero-order valence-corrected chi connectivity index (χ0v) is 26.9. The van der Waals surface area contributed by atoms with Crippen LogP contribution in [0.4, 0.5) is 0 Å². The number of unbranched alkanes of at least 4 members (excludes halogenated alkanes) is 28. The van der Waals surface area contributed by atoms with Gasteiger partial charge in [-0.25, -0.2) is 0 Å². The van der Waals surface area contributed by atoms with Gasteiger partial charge in [0.25, 0.3) is 0 Å². The Kier molecular flexibility index (Phi) is 35.8. The Morgan fingerprint density at radius 1 is 0.297 bits per heavy atom. The van der Waals surface area contributed by atoms with Gasteiger partial charge in [-0.1, -0.05) is 205 Å². The maximum atomic E-state index is 2.40. The summed E-state index contributed by atoms with van der Waals surface area (Å²) in [6, 6.07) is 0. The SMILES string of the molecule is CCCCCCCCCCCCCCCC/C=C/[P]/C=C/CCCCCCCCCCCCCCCC. The van der Waals surface area contributed by atoms with Gasteiger partial charge >= 0.3 is 0 Å². The largest absolute Gasteiger partial charge is 0.0834 e. The minimum absolute atomic E-state index is 1.28. The van der Waals surface area contributed by atoms with Crippen LogP contribution in [0.5, 0.6) is 0 Å². The van der Waals surface area contributed by atoms with Gasteiger partial charge in [0.2, 0.25) is 0 Å². The number of allylic oxidation sites excluding steroid dienone is 2. The molecule has 0 unspecified atom stereocenters. The lowest BCUT2D eigenvalue weighted by Crippen LogP contribution is -1.83. The fourth-order valence-corrected chi connectivity index (χ4v) is 5.87. The van der Waals surface area contributed by atoms with Crippen molar-refractivity contribution < 1.29 is 0 Å². The van der Waals surface area contributed by atoms with Gasteiger partial charge < -0.3 is 0 Å². The van der Waals surface area contributed by atoms with Crippen molar-refractivity contribution in [3.05, 3.63) is 23.8 Å². The number of hydrogen-bond donors (Lipinski definition) is 0. The third-order valence-corrected chi connectivity index (χ3v) is 8.60. The standard InChI is InChI=1S/C36H70P/c1-3-5-7-9-11-13-15-17-19-21-23-25-27-29-31-33-35-37-36-34-32-30-28-26-24-22-20-18-16-14-12-10-8-6-4-2/h33-36H,3-32H2,1-2H3/b35-33+,36-34+. The minimum atomic E-state index is 1.28. The summed E-state index contributed by atoms with van der Waals surface area (Å²) < 4.78 is 0. The average Bonchev–Trinajstić information content (AvgIpc) is 2.91. The van der Waals surface area contributed by atoms with E-state index >= 15 is 0 Å². The van der Waals surface area contributed by atoms with Crippen molar-refractivity contribution in [3.8, 4) is 0 Å². The molecule has 37 heavy (non-hydrogen) atoms. The van der Waals surface area contributed by atoms with E-state index in [0.717, 1.165) is 0 Å². The van der Waals surface area contributed by atoms with Gasteiger partial charge in [-0.3, -0.25) is 0 Å². The third-order valence-electron chi connectivity index (χ3n) is 7.83. The topological polar surface area (TPSA) is 0 Å². The van der Waals surface area contributed by atoms with Crippen molar-refractivity contribution in [3.63, 3.8) is 0 Å². The fraction of sp³-hybridized carbons (Fsp3) is 0.889. The van der Waals surface area contributed by atoms with Gasteiger partial charge in [0.05, 0.1) is 0 Å². The highest BCUT2D eigenvalue weighted by Crippen LogP contribution is 2.18. The van der Waals surface area contributed by atoms with E-state index in [1.807, 2.05) is 0 Å². The average molecular weight is 534 g/mol. The predicted molar refractivity (Wildman–Crippen MR) is 175 cm³/mol. The van der Waals surface area contributed by atoms with Gasteiger partial charge in [-0.05, 0) is 34.3 Å². The lowest BCUT2D eigenvalue weighted by atomic mass is 10.0. The van der Waals surface area contributed by atoms with E-state index in [9.17, 15) is 0 Å². The van der Waals surface area contributed by atoms with E-state index in [4.69, 9.17) is 0 Å². The highest BCUT2D eigenvalue weighted by Gasteiger charge is 1.95. The highest BCUT2D eigenvalue weighted by molar-refractivity contribution is 7.45. The molecule has 1 heteroatoms. The van der Waals surface area contributed by atoms with E-state index in [0.29, 0.717) is 0 Å². The molecule has 0 rings (SSSR count). The van der Waals surface area contributed by atoms with Crippen LogP contribution in [0.25, 0.3) is 0 Å². The van der Waals surface area contributed by atoms with Crippen LogP contribution in [0.2, 0.25) is 0 Å². The second kappa shape index (κ2) is 35.9. The van der Waals surface area contributed by atoms with Crippen LogP contribution in [0.1, 0.15) is 206 Å². The van der Waals surface area contributed by atoms with Crippen LogP contribution in [-0.2, 0) is 0 Å². The number of hydrogen-bond acceptors (Lipinski definition) is 0. The Morgan fingerprint density at radius 2 is 0.514 bits per heavy atom. The molecule has 0 aliphatic carbocycles. The van der Waals surface area contributed by atoms with Crippen molar-refractivity contribution in [2.75, 3.05) is 0 Å². The van der Waals surface area contributed by atoms with E-state index in [1.54, 1.807) is 0 Å². The molecule has 0 spiro atoms. The second-order valence-electron chi connectivity index (χ2n) is 11.7. The molecule has 0 amide bonds. The van der Waals surface area contributed by atoms with Crippen molar-refractivity contribution in [1.29, 1.82) is 0 Å². The number of rotatable bonds is 32. The molecule has 0 N–H and O–H groups in total. The van der Waals surface area contributed by atoms with Crippen molar-refractivity contribution in [1.82, 2.24) is 0 Å². The molecular weight excluding hydrogens is 463 g/mol. The molecule has 0 aliphatic heterocycles. The fourth-order valence-electron chi connectivity index (χ4n) is 5.23. The molecule has 219 valence electrons. The Bertz CT molecular complexity index is 398. The molecule has 0 bridgehead atoms. The first-order chi connectivity index (χ1) is 18.4. The maximum absolute atomic E-state index is 2.40. The summed E-state index contributed by atoms with van der Waals surface area (Å²) in [6.45, 7) is 4.61. The molecule has 0 saturated carbocycles. The van der Waals surface area contributed by atoms with Crippen molar-refractivity contribution in [2.45, 2.75) is 206 Å². The second-order valence-corrected chi connectivity index (χ2v) is 12.6. The van der Waals surface area contributed by atoms with Gasteiger partial charge in [0.1, 0.15) is 0 Å². The summed E-state index contributed by atoms with van der Waals surface area (Å²) in [5.41, 5.74) is 0. The lowest BCUT2D eigenvalue weighted by Gasteiger charge is -2.02. The quantitative estimate of drug-likeness (QED) is 0.0595. The Morgan fingerprint density at radius 3 is 0.757 bits per heavy atom. The Labute approximate surface area is 238 Å². The van der Waals surface area contributed by atoms with Gasteiger partial charge in [-0.2, -0.15) is 0 Å². The molecule has 0 atom stereocenters. The Hall–Kier alpha value is -0.0900. The zero-order chi connectivity index (χ0) is 26.7. The summed E-state index contributed by atoms with van der Waals surface area (Å²) in [5, 5.41) is 0. The zero-order valence-electron chi connectivity index (χ0n) is 26.0. The monoisotopic (exact) mass is 534 g/mol. The summed E-state index contributed by atoms with van der Waals surface area (Å²) in [4.78, 5) is 0. The highest BCUT2D eigenvalue weighted by atomic mass is 31.1. The van der Waals surface area contributed by atoms with Gasteiger partial charge in [0.15, 0.2) is 0 Å². The normalized spacial score (nSPS) is 11.9. The van der Waals surface area contributed by atoms with Crippen molar-refractivity contribution >= 4 is 8.58 Å². The van der Waals surface area contributed by atoms with Crippen LogP contribution in [0, 0.1) is 0 Å². The summed E-state index contributed by atoms with van der Waals surface area (Å²) in [7, 11) is 1.38. The maximum Gasteiger partial charge on any atom is -0.0267 e. The first-order valence-corrected chi connectivity index (χ1v) is 18.4. The Balaban J connectivity index is 3.14. The third kappa shape index (κ3) is 35.9. The van der Waals surface area contributed by atoms with Crippen LogP contribution in [-0.4, -0.2) is 0 Å². The molecule has 0 fully saturated rings. The molecule has 0 saturated heterocycles. The lowest BCUT2D eigenvalue weighted by molar-refractivity contribution is 0.536. The first-order valence-electron chi connectivity index (χ1n) is 17.4. The summed E-state index contributed by atoms with van der Waals surface area (Å²) >= 11 is 0. The molecule has 0 aliphatic rings. The smallest absolute Gasteiger partial charge is 0.0267 e. The molecule has 0 aromatic rings. The van der Waals surface area contributed by atoms with Crippen LogP contribution in [0.15, 0.2) is 23.8 Å². The van der Waals surface area contributed by atoms with Crippen LogP contribution >= 0.6 is 8.58 Å². The van der Waals surface area contributed by atoms with Gasteiger partial charge in [-0.15, -0.1) is 0 Å². The van der Waals surface area contributed by atoms with Crippen molar-refractivity contribution in [2.24, 2.45) is 0 Å². The molecular formula is C36H70P. The predicted octanol–water partition coefficient (Wildman–Crippen LogP) is 14.7. The van der Waals surface area contributed by atoms with E-state index in [2.05, 4.69) is 37.6 Å². The molecule has 1 radical (unpaired) electrons. The van der Waals surface area contributed by atoms with E-state index in [-0.39, 0.29) is 0 Å². The van der Waals surface area contributed by atoms with E-state index < -0.39 is 0 Å². The van der Waals surface area contributed by atoms with Crippen LogP contribution < -0.4 is 0 Å². The first kappa shape index (κ1) is 36.9. The summed E-state index contributed by atoms with van der Waals surface area (Å²) in [5.74, 6) is 4.70. The van der Waals surface area contributed by atoms with Gasteiger partial charge in [0, 0.05) is 0 Å². The molecule has 0 heterocycles. The van der Waals surface area contributed by atoms with Crippen LogP contribution in [0.3, 0.4) is 0 Å². The summed E-state index contributed by atoms with van der Waals surface area (Å²) in [6.07, 6.45) is 47.9. The van der Waals surface area contributed by atoms with E-state index in [1.165, 1.54) is 201 Å². The molecule has 0 aromatic carbocycles. The molecule has 0 nitrogen and oxygen atoms in total.